The highest BCUT2D eigenvalue weighted by Crippen LogP contribution is 2.13. The van der Waals surface area contributed by atoms with E-state index in [4.69, 9.17) is 14.4 Å². The summed E-state index contributed by atoms with van der Waals surface area (Å²) in [6.07, 6.45) is 1.53. The van der Waals surface area contributed by atoms with Gasteiger partial charge in [-0.3, -0.25) is 0 Å². The fourth-order valence-corrected chi connectivity index (χ4v) is 1.16. The second kappa shape index (κ2) is 4.48. The third-order valence-corrected chi connectivity index (χ3v) is 1.97. The van der Waals surface area contributed by atoms with Crippen LogP contribution in [-0.2, 0) is 6.61 Å². The molecule has 0 fully saturated rings. The monoisotopic (exact) mass is 219 g/mol. The van der Waals surface area contributed by atoms with Gasteiger partial charge in [0.1, 0.15) is 12.4 Å². The van der Waals surface area contributed by atoms with Crippen molar-refractivity contribution in [2.45, 2.75) is 6.61 Å². The van der Waals surface area contributed by atoms with Gasteiger partial charge in [-0.2, -0.15) is 0 Å². The van der Waals surface area contributed by atoms with Crippen molar-refractivity contribution in [3.05, 3.63) is 47.9 Å². The summed E-state index contributed by atoms with van der Waals surface area (Å²) in [5.41, 5.74) is 0.229. The fraction of sp³-hybridized carbons (Fsp3) is 0.0909. The first kappa shape index (κ1) is 10.2. The second-order valence-electron chi connectivity index (χ2n) is 3.10. The van der Waals surface area contributed by atoms with Gasteiger partial charge < -0.3 is 14.4 Å². The van der Waals surface area contributed by atoms with E-state index in [-0.39, 0.29) is 12.2 Å². The van der Waals surface area contributed by atoms with Crippen LogP contribution in [0.2, 0.25) is 0 Å². The molecule has 2 rings (SSSR count). The number of aromatic carboxylic acids is 1. The predicted molar refractivity (Wildman–Crippen MR) is 54.2 cm³/mol. The van der Waals surface area contributed by atoms with Gasteiger partial charge in [-0.15, -0.1) is 0 Å². The Morgan fingerprint density at radius 2 is 2.06 bits per heavy atom. The van der Waals surface area contributed by atoms with Gasteiger partial charge in [0, 0.05) is 6.07 Å². The molecule has 1 heterocycles. The molecule has 1 aromatic carbocycles. The van der Waals surface area contributed by atoms with E-state index in [0.29, 0.717) is 11.5 Å². The van der Waals surface area contributed by atoms with Crippen molar-refractivity contribution in [3.63, 3.8) is 0 Å². The predicted octanol–water partition coefficient (Wildman–Crippen LogP) is 1.95. The van der Waals surface area contributed by atoms with E-state index in [9.17, 15) is 4.79 Å². The summed E-state index contributed by atoms with van der Waals surface area (Å²) in [4.78, 5) is 10.6. The molecule has 0 radical (unpaired) electrons. The normalized spacial score (nSPS) is 10.0. The molecule has 0 aliphatic rings. The van der Waals surface area contributed by atoms with Crippen molar-refractivity contribution >= 4 is 5.97 Å². The minimum absolute atomic E-state index is 0.229. The first-order valence-corrected chi connectivity index (χ1v) is 4.61. The highest BCUT2D eigenvalue weighted by atomic mass is 16.5. The number of hydrogen-bond acceptors (Lipinski definition) is 4. The molecular weight excluding hydrogens is 210 g/mol. The molecule has 2 aromatic rings. The Hall–Kier alpha value is -2.30. The number of nitrogens with zero attached hydrogens (tertiary/aromatic N) is 1. The quantitative estimate of drug-likeness (QED) is 0.850. The number of aromatic nitrogens is 1. The zero-order chi connectivity index (χ0) is 11.4. The van der Waals surface area contributed by atoms with Crippen LogP contribution in [0.15, 0.2) is 41.1 Å². The van der Waals surface area contributed by atoms with Crippen LogP contribution in [0.4, 0.5) is 0 Å². The standard InChI is InChI=1S/C11H9NO4/c13-11(14)8-1-3-9(4-2-8)15-7-10-5-6-12-16-10/h1-6H,7H2,(H,13,14). The third-order valence-electron chi connectivity index (χ3n) is 1.97. The molecule has 0 amide bonds. The Morgan fingerprint density at radius 3 is 2.62 bits per heavy atom. The first-order valence-electron chi connectivity index (χ1n) is 4.61. The van der Waals surface area contributed by atoms with E-state index in [1.165, 1.54) is 18.3 Å². The lowest BCUT2D eigenvalue weighted by atomic mass is 10.2. The van der Waals surface area contributed by atoms with E-state index < -0.39 is 5.97 Å². The van der Waals surface area contributed by atoms with Gasteiger partial charge in [0.05, 0.1) is 11.8 Å². The Kier molecular flexibility index (Phi) is 2.86. The summed E-state index contributed by atoms with van der Waals surface area (Å²) in [5.74, 6) is 0.241. The third kappa shape index (κ3) is 2.38. The maximum absolute atomic E-state index is 10.6. The van der Waals surface area contributed by atoms with Gasteiger partial charge in [0.15, 0.2) is 5.76 Å². The number of hydrogen-bond donors (Lipinski definition) is 1. The van der Waals surface area contributed by atoms with Gasteiger partial charge in [-0.1, -0.05) is 5.16 Å². The molecule has 0 unspecified atom stereocenters. The minimum Gasteiger partial charge on any atom is -0.486 e. The van der Waals surface area contributed by atoms with E-state index in [0.717, 1.165) is 0 Å². The second-order valence-corrected chi connectivity index (χ2v) is 3.10. The van der Waals surface area contributed by atoms with E-state index >= 15 is 0 Å². The van der Waals surface area contributed by atoms with Crippen molar-refractivity contribution in [3.8, 4) is 5.75 Å². The van der Waals surface area contributed by atoms with Crippen LogP contribution >= 0.6 is 0 Å². The van der Waals surface area contributed by atoms with Crippen LogP contribution in [0.3, 0.4) is 0 Å². The fourth-order valence-electron chi connectivity index (χ4n) is 1.16. The summed E-state index contributed by atoms with van der Waals surface area (Å²) in [6, 6.07) is 7.86. The van der Waals surface area contributed by atoms with Crippen molar-refractivity contribution in [1.82, 2.24) is 5.16 Å². The van der Waals surface area contributed by atoms with Gasteiger partial charge in [-0.25, -0.2) is 4.79 Å². The molecule has 0 saturated carbocycles. The lowest BCUT2D eigenvalue weighted by Crippen LogP contribution is -1.97. The maximum Gasteiger partial charge on any atom is 0.335 e. The Morgan fingerprint density at radius 1 is 1.31 bits per heavy atom. The molecule has 1 aromatic heterocycles. The highest BCUT2D eigenvalue weighted by Gasteiger charge is 2.03. The number of benzene rings is 1. The topological polar surface area (TPSA) is 72.6 Å². The zero-order valence-corrected chi connectivity index (χ0v) is 8.29. The molecule has 0 atom stereocenters. The number of rotatable bonds is 4. The molecule has 1 N–H and O–H groups in total. The highest BCUT2D eigenvalue weighted by molar-refractivity contribution is 5.87. The summed E-state index contributed by atoms with van der Waals surface area (Å²) >= 11 is 0. The van der Waals surface area contributed by atoms with Crippen molar-refractivity contribution < 1.29 is 19.2 Å². The van der Waals surface area contributed by atoms with E-state index in [1.807, 2.05) is 0 Å². The lowest BCUT2D eigenvalue weighted by Gasteiger charge is -2.03. The summed E-state index contributed by atoms with van der Waals surface area (Å²) < 4.78 is 10.2. The Labute approximate surface area is 91.3 Å². The molecular formula is C11H9NO4. The SMILES string of the molecule is O=C(O)c1ccc(OCc2ccno2)cc1. The summed E-state index contributed by atoms with van der Waals surface area (Å²) in [7, 11) is 0. The van der Waals surface area contributed by atoms with Crippen molar-refractivity contribution in [1.29, 1.82) is 0 Å². The summed E-state index contributed by atoms with van der Waals surface area (Å²) in [5, 5.41) is 12.2. The number of ether oxygens (including phenoxy) is 1. The smallest absolute Gasteiger partial charge is 0.335 e. The molecule has 82 valence electrons. The molecule has 0 saturated heterocycles. The molecule has 5 nitrogen and oxygen atoms in total. The van der Waals surface area contributed by atoms with Crippen LogP contribution < -0.4 is 4.74 Å². The van der Waals surface area contributed by atoms with E-state index in [1.54, 1.807) is 18.2 Å². The number of carboxylic acids is 1. The van der Waals surface area contributed by atoms with Crippen LogP contribution in [0.5, 0.6) is 5.75 Å². The maximum atomic E-state index is 10.6. The van der Waals surface area contributed by atoms with Gasteiger partial charge >= 0.3 is 5.97 Å². The number of carbonyl (C=O) groups is 1. The average molecular weight is 219 g/mol. The van der Waals surface area contributed by atoms with Crippen molar-refractivity contribution in [2.24, 2.45) is 0 Å². The molecule has 0 aliphatic carbocycles. The Bertz CT molecular complexity index is 461. The molecule has 5 heteroatoms. The van der Waals surface area contributed by atoms with Crippen LogP contribution in [-0.4, -0.2) is 16.2 Å². The van der Waals surface area contributed by atoms with Gasteiger partial charge in [0.2, 0.25) is 0 Å². The first-order chi connectivity index (χ1) is 7.75. The Balaban J connectivity index is 1.98. The minimum atomic E-state index is -0.957. The molecule has 0 spiro atoms. The average Bonchev–Trinajstić information content (AvgIpc) is 2.80. The lowest BCUT2D eigenvalue weighted by molar-refractivity contribution is 0.0697. The van der Waals surface area contributed by atoms with Gasteiger partial charge in [0.25, 0.3) is 0 Å². The molecule has 0 aliphatic heterocycles. The van der Waals surface area contributed by atoms with Crippen molar-refractivity contribution in [2.75, 3.05) is 0 Å². The molecule has 16 heavy (non-hydrogen) atoms. The zero-order valence-electron chi connectivity index (χ0n) is 8.29. The van der Waals surface area contributed by atoms with Crippen LogP contribution in [0, 0.1) is 0 Å². The summed E-state index contributed by atoms with van der Waals surface area (Å²) in [6.45, 7) is 0.270. The van der Waals surface area contributed by atoms with Crippen LogP contribution in [0.25, 0.3) is 0 Å². The van der Waals surface area contributed by atoms with Crippen LogP contribution in [0.1, 0.15) is 16.1 Å². The largest absolute Gasteiger partial charge is 0.486 e. The number of carboxylic acid groups (broad SMARTS) is 1. The van der Waals surface area contributed by atoms with E-state index in [2.05, 4.69) is 5.16 Å². The molecule has 0 bridgehead atoms. The van der Waals surface area contributed by atoms with Gasteiger partial charge in [-0.05, 0) is 24.3 Å².